The summed E-state index contributed by atoms with van der Waals surface area (Å²) in [5.41, 5.74) is 7.41. The first kappa shape index (κ1) is 14.1. The summed E-state index contributed by atoms with van der Waals surface area (Å²) in [7, 11) is 0. The first-order chi connectivity index (χ1) is 8.17. The number of nitrogens with two attached hydrogens (primary N) is 1. The van der Waals surface area contributed by atoms with Crippen molar-refractivity contribution in [2.75, 3.05) is 6.61 Å². The fourth-order valence-corrected chi connectivity index (χ4v) is 1.87. The zero-order chi connectivity index (χ0) is 12.7. The molecule has 0 aliphatic rings. The number of benzene rings is 1. The van der Waals surface area contributed by atoms with Gasteiger partial charge in [-0.25, -0.2) is 4.39 Å². The van der Waals surface area contributed by atoms with E-state index in [2.05, 4.69) is 13.8 Å². The van der Waals surface area contributed by atoms with E-state index in [0.29, 0.717) is 25.7 Å². The highest BCUT2D eigenvalue weighted by molar-refractivity contribution is 5.27. The Morgan fingerprint density at radius 3 is 2.76 bits per heavy atom. The molecule has 0 amide bonds. The van der Waals surface area contributed by atoms with Gasteiger partial charge < -0.3 is 10.5 Å². The molecule has 0 spiro atoms. The van der Waals surface area contributed by atoms with Crippen molar-refractivity contribution in [2.24, 2.45) is 11.7 Å². The number of ether oxygens (including phenoxy) is 1. The first-order valence-electron chi connectivity index (χ1n) is 6.22. The van der Waals surface area contributed by atoms with Crippen LogP contribution in [0.2, 0.25) is 0 Å². The lowest BCUT2D eigenvalue weighted by molar-refractivity contribution is 0.0887. The predicted molar refractivity (Wildman–Crippen MR) is 68.0 cm³/mol. The van der Waals surface area contributed by atoms with Crippen LogP contribution >= 0.6 is 0 Å². The lowest BCUT2D eigenvalue weighted by Gasteiger charge is -2.12. The topological polar surface area (TPSA) is 35.2 Å². The molecule has 2 nitrogen and oxygen atoms in total. The van der Waals surface area contributed by atoms with Crippen LogP contribution in [0.3, 0.4) is 0 Å². The molecule has 0 heterocycles. The second kappa shape index (κ2) is 7.41. The monoisotopic (exact) mass is 239 g/mol. The van der Waals surface area contributed by atoms with Gasteiger partial charge in [0.25, 0.3) is 0 Å². The van der Waals surface area contributed by atoms with E-state index >= 15 is 0 Å². The van der Waals surface area contributed by atoms with Crippen LogP contribution < -0.4 is 5.73 Å². The van der Waals surface area contributed by atoms with Gasteiger partial charge in [0.1, 0.15) is 5.82 Å². The molecule has 2 N–H and O–H groups in total. The third kappa shape index (κ3) is 4.84. The molecule has 0 saturated heterocycles. The second-order valence-electron chi connectivity index (χ2n) is 4.53. The number of hydrogen-bond donors (Lipinski definition) is 1. The van der Waals surface area contributed by atoms with Gasteiger partial charge in [0, 0.05) is 13.2 Å². The quantitative estimate of drug-likeness (QED) is 0.792. The SMILES string of the molecule is CCCC(C)COCc1cc(F)ccc1CN. The van der Waals surface area contributed by atoms with Crippen molar-refractivity contribution in [3.8, 4) is 0 Å². The van der Waals surface area contributed by atoms with Gasteiger partial charge in [-0.2, -0.15) is 0 Å². The molecular weight excluding hydrogens is 217 g/mol. The Morgan fingerprint density at radius 2 is 2.12 bits per heavy atom. The Morgan fingerprint density at radius 1 is 1.35 bits per heavy atom. The molecule has 0 saturated carbocycles. The van der Waals surface area contributed by atoms with Crippen molar-refractivity contribution in [1.82, 2.24) is 0 Å². The van der Waals surface area contributed by atoms with Crippen molar-refractivity contribution in [1.29, 1.82) is 0 Å². The Bertz CT molecular complexity index is 341. The van der Waals surface area contributed by atoms with Crippen molar-refractivity contribution >= 4 is 0 Å². The van der Waals surface area contributed by atoms with Crippen LogP contribution in [0.4, 0.5) is 4.39 Å². The average Bonchev–Trinajstić information content (AvgIpc) is 2.30. The van der Waals surface area contributed by atoms with Crippen molar-refractivity contribution in [2.45, 2.75) is 39.8 Å². The second-order valence-corrected chi connectivity index (χ2v) is 4.53. The van der Waals surface area contributed by atoms with Gasteiger partial charge in [0.15, 0.2) is 0 Å². The highest BCUT2D eigenvalue weighted by Gasteiger charge is 2.05. The Kier molecular flexibility index (Phi) is 6.16. The standard InChI is InChI=1S/C14H22FNO/c1-3-4-11(2)9-17-10-13-7-14(15)6-5-12(13)8-16/h5-7,11H,3-4,8-10,16H2,1-2H3. The maximum Gasteiger partial charge on any atom is 0.123 e. The molecule has 17 heavy (non-hydrogen) atoms. The van der Waals surface area contributed by atoms with Crippen LogP contribution in [-0.4, -0.2) is 6.61 Å². The predicted octanol–water partition coefficient (Wildman–Crippen LogP) is 3.24. The summed E-state index contributed by atoms with van der Waals surface area (Å²) in [6, 6.07) is 4.67. The Balaban J connectivity index is 2.48. The van der Waals surface area contributed by atoms with E-state index in [0.717, 1.165) is 17.5 Å². The molecule has 1 rings (SSSR count). The van der Waals surface area contributed by atoms with Gasteiger partial charge in [-0.15, -0.1) is 0 Å². The molecule has 96 valence electrons. The third-order valence-corrected chi connectivity index (χ3v) is 2.83. The lowest BCUT2D eigenvalue weighted by atomic mass is 10.1. The summed E-state index contributed by atoms with van der Waals surface area (Å²) in [6.45, 7) is 5.91. The maximum atomic E-state index is 13.1. The molecule has 0 aromatic heterocycles. The zero-order valence-corrected chi connectivity index (χ0v) is 10.7. The van der Waals surface area contributed by atoms with E-state index in [9.17, 15) is 4.39 Å². The van der Waals surface area contributed by atoms with Gasteiger partial charge in [0.05, 0.1) is 6.61 Å². The minimum absolute atomic E-state index is 0.234. The molecule has 1 unspecified atom stereocenters. The van der Waals surface area contributed by atoms with Gasteiger partial charge in [-0.05, 0) is 35.6 Å². The Labute approximate surface area is 103 Å². The van der Waals surface area contributed by atoms with E-state index < -0.39 is 0 Å². The van der Waals surface area contributed by atoms with Gasteiger partial charge in [0.2, 0.25) is 0 Å². The third-order valence-electron chi connectivity index (χ3n) is 2.83. The fourth-order valence-electron chi connectivity index (χ4n) is 1.87. The van der Waals surface area contributed by atoms with Crippen molar-refractivity contribution < 1.29 is 9.13 Å². The molecule has 0 aliphatic heterocycles. The van der Waals surface area contributed by atoms with E-state index in [1.165, 1.54) is 18.6 Å². The van der Waals surface area contributed by atoms with Crippen LogP contribution in [0.15, 0.2) is 18.2 Å². The van der Waals surface area contributed by atoms with E-state index in [-0.39, 0.29) is 5.82 Å². The van der Waals surface area contributed by atoms with Crippen molar-refractivity contribution in [3.63, 3.8) is 0 Å². The highest BCUT2D eigenvalue weighted by Crippen LogP contribution is 2.13. The lowest BCUT2D eigenvalue weighted by Crippen LogP contribution is -2.08. The van der Waals surface area contributed by atoms with Gasteiger partial charge in [-0.3, -0.25) is 0 Å². The summed E-state index contributed by atoms with van der Waals surface area (Å²) < 4.78 is 18.7. The van der Waals surface area contributed by atoms with Crippen LogP contribution in [0, 0.1) is 11.7 Å². The summed E-state index contributed by atoms with van der Waals surface area (Å²) >= 11 is 0. The summed E-state index contributed by atoms with van der Waals surface area (Å²) in [5.74, 6) is 0.317. The molecular formula is C14H22FNO. The largest absolute Gasteiger partial charge is 0.376 e. The van der Waals surface area contributed by atoms with E-state index in [1.807, 2.05) is 0 Å². The molecule has 1 aromatic carbocycles. The van der Waals surface area contributed by atoms with Crippen molar-refractivity contribution in [3.05, 3.63) is 35.1 Å². The van der Waals surface area contributed by atoms with Crippen LogP contribution in [0.5, 0.6) is 0 Å². The van der Waals surface area contributed by atoms with Crippen LogP contribution in [-0.2, 0) is 17.9 Å². The minimum atomic E-state index is -0.234. The molecule has 0 bridgehead atoms. The molecule has 1 atom stereocenters. The smallest absolute Gasteiger partial charge is 0.123 e. The van der Waals surface area contributed by atoms with Crippen LogP contribution in [0.1, 0.15) is 37.8 Å². The molecule has 3 heteroatoms. The number of halogens is 1. The molecule has 1 aromatic rings. The highest BCUT2D eigenvalue weighted by atomic mass is 19.1. The number of hydrogen-bond acceptors (Lipinski definition) is 2. The normalized spacial score (nSPS) is 12.7. The minimum Gasteiger partial charge on any atom is -0.376 e. The van der Waals surface area contributed by atoms with E-state index in [1.54, 1.807) is 6.07 Å². The maximum absolute atomic E-state index is 13.1. The molecule has 0 aliphatic carbocycles. The first-order valence-corrected chi connectivity index (χ1v) is 6.22. The fraction of sp³-hybridized carbons (Fsp3) is 0.571. The summed E-state index contributed by atoms with van der Waals surface area (Å²) in [5, 5.41) is 0. The molecule has 0 fully saturated rings. The van der Waals surface area contributed by atoms with Crippen LogP contribution in [0.25, 0.3) is 0 Å². The Hall–Kier alpha value is -0.930. The van der Waals surface area contributed by atoms with Gasteiger partial charge >= 0.3 is 0 Å². The van der Waals surface area contributed by atoms with E-state index in [4.69, 9.17) is 10.5 Å². The zero-order valence-electron chi connectivity index (χ0n) is 10.7. The summed E-state index contributed by atoms with van der Waals surface area (Å²) in [6.07, 6.45) is 2.32. The number of rotatable bonds is 7. The summed E-state index contributed by atoms with van der Waals surface area (Å²) in [4.78, 5) is 0. The van der Waals surface area contributed by atoms with Gasteiger partial charge in [-0.1, -0.05) is 26.3 Å². The average molecular weight is 239 g/mol. The molecule has 0 radical (unpaired) electrons.